The molecule has 0 aliphatic carbocycles. The van der Waals surface area contributed by atoms with E-state index in [0.717, 1.165) is 18.1 Å². The lowest BCUT2D eigenvalue weighted by molar-refractivity contribution is -0.0260. The summed E-state index contributed by atoms with van der Waals surface area (Å²) in [7, 11) is 2.04. The second kappa shape index (κ2) is 5.22. The number of hydrogen-bond acceptors (Lipinski definition) is 2. The van der Waals surface area contributed by atoms with Crippen LogP contribution < -0.4 is 0 Å². The molecule has 2 unspecified atom stereocenters. The summed E-state index contributed by atoms with van der Waals surface area (Å²) >= 11 is 0. The standard InChI is InChI=1S/C15H16F3NO/c1-19-11-5-9(6-12(19)8-20-7-11)4-10-2-3-13(16)15(18)14(10)17/h2-3,5,11-12H,4,6-8H2,1H3. The van der Waals surface area contributed by atoms with Gasteiger partial charge in [-0.05, 0) is 31.5 Å². The molecule has 1 fully saturated rings. The van der Waals surface area contributed by atoms with Crippen LogP contribution in [-0.2, 0) is 11.2 Å². The molecule has 2 aliphatic heterocycles. The highest BCUT2D eigenvalue weighted by atomic mass is 19.2. The summed E-state index contributed by atoms with van der Waals surface area (Å²) in [6.45, 7) is 1.28. The molecule has 108 valence electrons. The van der Waals surface area contributed by atoms with E-state index in [1.165, 1.54) is 6.07 Å². The van der Waals surface area contributed by atoms with Gasteiger partial charge in [-0.3, -0.25) is 4.90 Å². The van der Waals surface area contributed by atoms with E-state index in [4.69, 9.17) is 4.74 Å². The van der Waals surface area contributed by atoms with Crippen LogP contribution in [0.1, 0.15) is 12.0 Å². The third-order valence-corrected chi connectivity index (χ3v) is 4.16. The molecule has 0 N–H and O–H groups in total. The molecule has 5 heteroatoms. The van der Waals surface area contributed by atoms with Gasteiger partial charge in [0, 0.05) is 6.04 Å². The molecule has 0 saturated carbocycles. The van der Waals surface area contributed by atoms with Gasteiger partial charge in [-0.25, -0.2) is 13.2 Å². The highest BCUT2D eigenvalue weighted by Gasteiger charge is 2.32. The van der Waals surface area contributed by atoms with E-state index < -0.39 is 17.5 Å². The summed E-state index contributed by atoms with van der Waals surface area (Å²) in [5, 5.41) is 0. The average molecular weight is 283 g/mol. The smallest absolute Gasteiger partial charge is 0.194 e. The lowest BCUT2D eigenvalue weighted by Gasteiger charge is -2.42. The Labute approximate surface area is 115 Å². The largest absolute Gasteiger partial charge is 0.378 e. The average Bonchev–Trinajstić information content (AvgIpc) is 2.40. The quantitative estimate of drug-likeness (QED) is 0.611. The zero-order valence-corrected chi connectivity index (χ0v) is 11.2. The Balaban J connectivity index is 1.84. The molecule has 1 aromatic carbocycles. The molecular formula is C15H16F3NO. The summed E-state index contributed by atoms with van der Waals surface area (Å²) in [4.78, 5) is 2.24. The second-order valence-electron chi connectivity index (χ2n) is 5.46. The molecule has 0 radical (unpaired) electrons. The summed E-state index contributed by atoms with van der Waals surface area (Å²) in [6, 6.07) is 2.76. The Kier molecular flexibility index (Phi) is 3.56. The maximum Gasteiger partial charge on any atom is 0.194 e. The van der Waals surface area contributed by atoms with Gasteiger partial charge >= 0.3 is 0 Å². The molecule has 3 rings (SSSR count). The molecule has 20 heavy (non-hydrogen) atoms. The molecule has 2 nitrogen and oxygen atoms in total. The van der Waals surface area contributed by atoms with Crippen molar-refractivity contribution in [2.75, 3.05) is 20.3 Å². The predicted molar refractivity (Wildman–Crippen MR) is 68.9 cm³/mol. The number of nitrogens with zero attached hydrogens (tertiary/aromatic N) is 1. The number of hydrogen-bond donors (Lipinski definition) is 0. The van der Waals surface area contributed by atoms with Gasteiger partial charge in [0.2, 0.25) is 0 Å². The van der Waals surface area contributed by atoms with Crippen LogP contribution in [0.15, 0.2) is 23.8 Å². The third kappa shape index (κ3) is 2.36. The van der Waals surface area contributed by atoms with Crippen molar-refractivity contribution >= 4 is 0 Å². The van der Waals surface area contributed by atoms with Crippen LogP contribution in [0, 0.1) is 17.5 Å². The lowest BCUT2D eigenvalue weighted by Crippen LogP contribution is -2.51. The van der Waals surface area contributed by atoms with Crippen molar-refractivity contribution in [1.82, 2.24) is 4.90 Å². The number of ether oxygens (including phenoxy) is 1. The van der Waals surface area contributed by atoms with Crippen molar-refractivity contribution in [2.45, 2.75) is 24.9 Å². The number of morpholine rings is 1. The van der Waals surface area contributed by atoms with Gasteiger partial charge in [0.05, 0.1) is 19.3 Å². The molecule has 1 saturated heterocycles. The van der Waals surface area contributed by atoms with E-state index in [-0.39, 0.29) is 17.6 Å². The summed E-state index contributed by atoms with van der Waals surface area (Å²) in [6.07, 6.45) is 3.14. The Morgan fingerprint density at radius 3 is 2.75 bits per heavy atom. The Morgan fingerprint density at radius 1 is 1.20 bits per heavy atom. The van der Waals surface area contributed by atoms with E-state index in [1.54, 1.807) is 0 Å². The third-order valence-electron chi connectivity index (χ3n) is 4.16. The molecule has 2 bridgehead atoms. The second-order valence-corrected chi connectivity index (χ2v) is 5.46. The van der Waals surface area contributed by atoms with E-state index in [1.807, 2.05) is 7.05 Å². The minimum atomic E-state index is -1.39. The molecule has 1 aromatic rings. The zero-order valence-electron chi connectivity index (χ0n) is 11.2. The van der Waals surface area contributed by atoms with Gasteiger partial charge in [-0.1, -0.05) is 17.7 Å². The molecule has 0 amide bonds. The Hall–Kier alpha value is -1.33. The van der Waals surface area contributed by atoms with Crippen LogP contribution in [0.5, 0.6) is 0 Å². The summed E-state index contributed by atoms with van der Waals surface area (Å²) < 4.78 is 45.4. The van der Waals surface area contributed by atoms with Crippen LogP contribution in [0.25, 0.3) is 0 Å². The van der Waals surface area contributed by atoms with Crippen LogP contribution in [0.2, 0.25) is 0 Å². The molecule has 0 spiro atoms. The fourth-order valence-electron chi connectivity index (χ4n) is 2.92. The predicted octanol–water partition coefficient (Wildman–Crippen LogP) is 2.68. The van der Waals surface area contributed by atoms with Gasteiger partial charge in [0.15, 0.2) is 17.5 Å². The first kappa shape index (κ1) is 13.6. The van der Waals surface area contributed by atoms with E-state index >= 15 is 0 Å². The van der Waals surface area contributed by atoms with Crippen LogP contribution >= 0.6 is 0 Å². The van der Waals surface area contributed by atoms with Crippen LogP contribution in [0.4, 0.5) is 13.2 Å². The molecule has 2 atom stereocenters. The maximum atomic E-state index is 13.7. The number of fused-ring (bicyclic) bond motifs is 2. The first-order chi connectivity index (χ1) is 9.56. The van der Waals surface area contributed by atoms with Gasteiger partial charge in [-0.2, -0.15) is 0 Å². The molecule has 2 heterocycles. The fourth-order valence-corrected chi connectivity index (χ4v) is 2.92. The van der Waals surface area contributed by atoms with Gasteiger partial charge in [0.25, 0.3) is 0 Å². The number of benzene rings is 1. The summed E-state index contributed by atoms with van der Waals surface area (Å²) in [5.41, 5.74) is 1.27. The van der Waals surface area contributed by atoms with Crippen molar-refractivity contribution in [3.63, 3.8) is 0 Å². The van der Waals surface area contributed by atoms with Crippen LogP contribution in [-0.4, -0.2) is 37.2 Å². The molecule has 0 aromatic heterocycles. The summed E-state index contributed by atoms with van der Waals surface area (Å²) in [5.74, 6) is -3.61. The van der Waals surface area contributed by atoms with Gasteiger partial charge < -0.3 is 4.74 Å². The van der Waals surface area contributed by atoms with Crippen molar-refractivity contribution in [3.05, 3.63) is 46.8 Å². The Morgan fingerprint density at radius 2 is 2.00 bits per heavy atom. The molecular weight excluding hydrogens is 267 g/mol. The molecule has 2 aliphatic rings. The van der Waals surface area contributed by atoms with Crippen molar-refractivity contribution in [3.8, 4) is 0 Å². The minimum absolute atomic E-state index is 0.186. The van der Waals surface area contributed by atoms with Crippen molar-refractivity contribution in [1.29, 1.82) is 0 Å². The zero-order chi connectivity index (χ0) is 14.3. The highest BCUT2D eigenvalue weighted by molar-refractivity contribution is 5.28. The van der Waals surface area contributed by atoms with Crippen molar-refractivity contribution in [2.24, 2.45) is 0 Å². The number of likely N-dealkylation sites (N-methyl/N-ethyl adjacent to an activating group) is 1. The fraction of sp³-hybridized carbons (Fsp3) is 0.467. The normalized spacial score (nSPS) is 26.5. The monoisotopic (exact) mass is 283 g/mol. The van der Waals surface area contributed by atoms with E-state index in [2.05, 4.69) is 11.0 Å². The van der Waals surface area contributed by atoms with Gasteiger partial charge in [0.1, 0.15) is 0 Å². The first-order valence-electron chi connectivity index (χ1n) is 6.68. The topological polar surface area (TPSA) is 12.5 Å². The lowest BCUT2D eigenvalue weighted by atomic mass is 9.90. The minimum Gasteiger partial charge on any atom is -0.378 e. The van der Waals surface area contributed by atoms with Crippen LogP contribution in [0.3, 0.4) is 0 Å². The number of halogens is 3. The number of rotatable bonds is 2. The van der Waals surface area contributed by atoms with Gasteiger partial charge in [-0.15, -0.1) is 0 Å². The Bertz CT molecular complexity index is 558. The SMILES string of the molecule is CN1C2C=C(Cc3ccc(F)c(F)c3F)CC1COC2. The maximum absolute atomic E-state index is 13.7. The van der Waals surface area contributed by atoms with E-state index in [9.17, 15) is 13.2 Å². The van der Waals surface area contributed by atoms with E-state index in [0.29, 0.717) is 19.6 Å². The highest BCUT2D eigenvalue weighted by Crippen LogP contribution is 2.28. The first-order valence-corrected chi connectivity index (χ1v) is 6.68. The van der Waals surface area contributed by atoms with Crippen molar-refractivity contribution < 1.29 is 17.9 Å².